The largest absolute Gasteiger partial charge is 0.501 e. The molecule has 0 fully saturated rings. The number of methoxy groups -OCH3 is 1. The molecule has 17 heavy (non-hydrogen) atoms. The number of hydrogen-bond acceptors (Lipinski definition) is 7. The molecule has 9 heteroatoms. The van der Waals surface area contributed by atoms with Crippen LogP contribution in [-0.4, -0.2) is 31.5 Å². The molecule has 1 rings (SSSR count). The summed E-state index contributed by atoms with van der Waals surface area (Å²) >= 11 is 0. The Labute approximate surface area is 96.5 Å². The summed E-state index contributed by atoms with van der Waals surface area (Å²) in [7, 11) is -2.12. The number of nitro benzene ring substituents is 1. The Morgan fingerprint density at radius 2 is 2.06 bits per heavy atom. The van der Waals surface area contributed by atoms with E-state index in [1.54, 1.807) is 0 Å². The lowest BCUT2D eigenvalue weighted by molar-refractivity contribution is -0.386. The summed E-state index contributed by atoms with van der Waals surface area (Å²) in [6.45, 7) is 0. The quantitative estimate of drug-likeness (QED) is 0.341. The fraction of sp³-hybridized carbons (Fsp3) is 0.125. The maximum absolute atomic E-state index is 11.2. The number of nitrogens with zero attached hydrogens (tertiary/aromatic N) is 1. The minimum absolute atomic E-state index is 0.454. The summed E-state index contributed by atoms with van der Waals surface area (Å²) in [6.07, 6.45) is 0. The van der Waals surface area contributed by atoms with Crippen molar-refractivity contribution in [2.45, 2.75) is 4.90 Å². The van der Waals surface area contributed by atoms with Gasteiger partial charge in [0.15, 0.2) is 10.7 Å². The topological polar surface area (TPSA) is 124 Å². The third-order valence-corrected chi connectivity index (χ3v) is 2.57. The zero-order valence-corrected chi connectivity index (χ0v) is 9.34. The third-order valence-electron chi connectivity index (χ3n) is 1.89. The normalized spacial score (nSPS) is 10.2. The van der Waals surface area contributed by atoms with Crippen molar-refractivity contribution >= 4 is 22.4 Å². The number of phenols is 1. The number of thiol groups is 1. The van der Waals surface area contributed by atoms with E-state index in [1.165, 1.54) is 0 Å². The predicted octanol–water partition coefficient (Wildman–Crippen LogP) is 0.0573. The monoisotopic (exact) mass is 261 g/mol. The minimum atomic E-state index is -3.12. The molecule has 1 aromatic rings. The molecule has 0 aliphatic rings. The predicted molar refractivity (Wildman–Crippen MR) is 54.7 cm³/mol. The molecule has 1 N–H and O–H groups in total. The molecule has 0 aliphatic carbocycles. The summed E-state index contributed by atoms with van der Waals surface area (Å²) in [5, 5.41) is 20.0. The molecule has 0 amide bonds. The Morgan fingerprint density at radius 1 is 1.47 bits per heavy atom. The SMILES string of the molecule is COC(=O)c1cc([SH](=O)=O)cc([N+](=O)[O-])c1O. The lowest BCUT2D eigenvalue weighted by Crippen LogP contribution is -2.04. The van der Waals surface area contributed by atoms with Gasteiger partial charge in [0.05, 0.1) is 16.9 Å². The van der Waals surface area contributed by atoms with Crippen LogP contribution >= 0.6 is 0 Å². The summed E-state index contributed by atoms with van der Waals surface area (Å²) in [4.78, 5) is 20.3. The van der Waals surface area contributed by atoms with Gasteiger partial charge in [0.1, 0.15) is 5.56 Å². The molecule has 0 saturated heterocycles. The van der Waals surface area contributed by atoms with E-state index in [0.717, 1.165) is 13.2 Å². The zero-order chi connectivity index (χ0) is 13.2. The number of carbonyl (C=O) groups excluding carboxylic acids is 1. The Balaban J connectivity index is 3.59. The van der Waals surface area contributed by atoms with Crippen LogP contribution in [0.2, 0.25) is 0 Å². The van der Waals surface area contributed by atoms with Crippen LogP contribution in [0.5, 0.6) is 5.75 Å². The second kappa shape index (κ2) is 4.78. The zero-order valence-electron chi connectivity index (χ0n) is 8.45. The van der Waals surface area contributed by atoms with Crippen molar-refractivity contribution in [3.8, 4) is 5.75 Å². The number of rotatable bonds is 3. The van der Waals surface area contributed by atoms with Crippen molar-refractivity contribution in [3.63, 3.8) is 0 Å². The Bertz CT molecular complexity index is 555. The summed E-state index contributed by atoms with van der Waals surface area (Å²) < 4.78 is 25.7. The highest BCUT2D eigenvalue weighted by molar-refractivity contribution is 7.72. The molecule has 0 bridgehead atoms. The number of aromatic hydroxyl groups is 1. The molecule has 0 spiro atoms. The van der Waals surface area contributed by atoms with Crippen LogP contribution in [0.1, 0.15) is 10.4 Å². The van der Waals surface area contributed by atoms with Crippen molar-refractivity contribution < 1.29 is 28.0 Å². The van der Waals surface area contributed by atoms with Gasteiger partial charge in [0, 0.05) is 6.07 Å². The van der Waals surface area contributed by atoms with Gasteiger partial charge >= 0.3 is 11.7 Å². The van der Waals surface area contributed by atoms with Gasteiger partial charge < -0.3 is 9.84 Å². The molecular weight excluding hydrogens is 254 g/mol. The van der Waals surface area contributed by atoms with Crippen molar-refractivity contribution in [1.82, 2.24) is 0 Å². The summed E-state index contributed by atoms with van der Waals surface area (Å²) in [6, 6.07) is 1.47. The van der Waals surface area contributed by atoms with E-state index in [0.29, 0.717) is 6.07 Å². The van der Waals surface area contributed by atoms with Crippen LogP contribution in [-0.2, 0) is 15.4 Å². The van der Waals surface area contributed by atoms with Gasteiger partial charge in [0.25, 0.3) is 0 Å². The molecule has 0 aliphatic heterocycles. The molecular formula is C8H7NO7S. The van der Waals surface area contributed by atoms with Crippen LogP contribution in [0.4, 0.5) is 5.69 Å². The van der Waals surface area contributed by atoms with Crippen molar-refractivity contribution in [3.05, 3.63) is 27.8 Å². The fourth-order valence-electron chi connectivity index (χ4n) is 1.11. The second-order valence-corrected chi connectivity index (χ2v) is 3.90. The highest BCUT2D eigenvalue weighted by Gasteiger charge is 2.24. The van der Waals surface area contributed by atoms with Crippen molar-refractivity contribution in [2.75, 3.05) is 7.11 Å². The first kappa shape index (κ1) is 12.9. The van der Waals surface area contributed by atoms with E-state index < -0.39 is 43.5 Å². The number of benzene rings is 1. The van der Waals surface area contributed by atoms with Crippen LogP contribution in [0.25, 0.3) is 0 Å². The maximum atomic E-state index is 11.2. The number of carbonyl (C=O) groups is 1. The van der Waals surface area contributed by atoms with Gasteiger partial charge in [-0.15, -0.1) is 0 Å². The highest BCUT2D eigenvalue weighted by Crippen LogP contribution is 2.32. The number of nitro groups is 1. The van der Waals surface area contributed by atoms with Crippen LogP contribution in [0.15, 0.2) is 17.0 Å². The average Bonchev–Trinajstić information content (AvgIpc) is 2.27. The van der Waals surface area contributed by atoms with Gasteiger partial charge in [-0.1, -0.05) is 0 Å². The minimum Gasteiger partial charge on any atom is -0.501 e. The molecule has 0 saturated carbocycles. The average molecular weight is 261 g/mol. The standard InChI is InChI=1S/C8H7NO7S/c1-16-8(11)5-2-4(17(14)15)3-6(7(5)10)9(12)13/h2-3,10,17H,1H3. The Kier molecular flexibility index (Phi) is 3.63. The second-order valence-electron chi connectivity index (χ2n) is 2.87. The molecule has 0 heterocycles. The van der Waals surface area contributed by atoms with Gasteiger partial charge in [-0.05, 0) is 6.07 Å². The third kappa shape index (κ3) is 2.50. The van der Waals surface area contributed by atoms with Crippen molar-refractivity contribution in [1.29, 1.82) is 0 Å². The van der Waals surface area contributed by atoms with Crippen LogP contribution in [0.3, 0.4) is 0 Å². The number of ether oxygens (including phenoxy) is 1. The summed E-state index contributed by atoms with van der Waals surface area (Å²) in [5.74, 6) is -1.99. The smallest absolute Gasteiger partial charge is 0.341 e. The lowest BCUT2D eigenvalue weighted by atomic mass is 10.2. The molecule has 92 valence electrons. The molecule has 8 nitrogen and oxygen atoms in total. The highest BCUT2D eigenvalue weighted by atomic mass is 32.2. The van der Waals surface area contributed by atoms with Gasteiger partial charge in [-0.3, -0.25) is 10.1 Å². The lowest BCUT2D eigenvalue weighted by Gasteiger charge is -2.04. The van der Waals surface area contributed by atoms with Gasteiger partial charge in [-0.25, -0.2) is 13.2 Å². The van der Waals surface area contributed by atoms with E-state index in [1.807, 2.05) is 0 Å². The Morgan fingerprint density at radius 3 is 2.47 bits per heavy atom. The number of esters is 1. The maximum Gasteiger partial charge on any atom is 0.341 e. The van der Waals surface area contributed by atoms with Crippen LogP contribution in [0, 0.1) is 10.1 Å². The first-order chi connectivity index (χ1) is 7.88. The van der Waals surface area contributed by atoms with E-state index in [9.17, 15) is 28.4 Å². The van der Waals surface area contributed by atoms with E-state index in [4.69, 9.17) is 0 Å². The van der Waals surface area contributed by atoms with E-state index in [-0.39, 0.29) is 0 Å². The molecule has 1 aromatic carbocycles. The molecule has 0 atom stereocenters. The van der Waals surface area contributed by atoms with E-state index >= 15 is 0 Å². The first-order valence-electron chi connectivity index (χ1n) is 4.12. The molecule has 0 unspecified atom stereocenters. The van der Waals surface area contributed by atoms with Crippen molar-refractivity contribution in [2.24, 2.45) is 0 Å². The van der Waals surface area contributed by atoms with Gasteiger partial charge in [0.2, 0.25) is 5.75 Å². The summed E-state index contributed by atoms with van der Waals surface area (Å²) in [5.41, 5.74) is -1.45. The first-order valence-corrected chi connectivity index (χ1v) is 5.30. The molecule has 0 aromatic heterocycles. The number of hydrogen-bond donors (Lipinski definition) is 2. The number of phenolic OH excluding ortho intramolecular Hbond substituents is 1. The van der Waals surface area contributed by atoms with E-state index in [2.05, 4.69) is 4.74 Å². The van der Waals surface area contributed by atoms with Crippen LogP contribution < -0.4 is 0 Å². The molecule has 0 radical (unpaired) electrons. The van der Waals surface area contributed by atoms with Gasteiger partial charge in [-0.2, -0.15) is 0 Å². The Hall–Kier alpha value is -2.16. The fourth-order valence-corrected chi connectivity index (χ4v) is 1.58.